The summed E-state index contributed by atoms with van der Waals surface area (Å²) in [7, 11) is 0. The Morgan fingerprint density at radius 3 is 2.72 bits per heavy atom. The van der Waals surface area contributed by atoms with E-state index >= 15 is 0 Å². The molecule has 2 aliphatic rings. The minimum absolute atomic E-state index is 0.0577. The highest BCUT2D eigenvalue weighted by molar-refractivity contribution is 5.88. The van der Waals surface area contributed by atoms with E-state index in [-0.39, 0.29) is 23.3 Å². The first-order chi connectivity index (χ1) is 15.4. The van der Waals surface area contributed by atoms with Crippen molar-refractivity contribution in [3.05, 3.63) is 70.7 Å². The highest BCUT2D eigenvalue weighted by Crippen LogP contribution is 2.39. The summed E-state index contributed by atoms with van der Waals surface area (Å²) in [6.45, 7) is 5.08. The zero-order valence-corrected chi connectivity index (χ0v) is 18.0. The van der Waals surface area contributed by atoms with E-state index < -0.39 is 11.6 Å². The Labute approximate surface area is 185 Å². The smallest absolute Gasteiger partial charge is 0.178 e. The average molecular weight is 435 g/mol. The fraction of sp³-hybridized carbons (Fsp3) is 0.320. The van der Waals surface area contributed by atoms with Gasteiger partial charge in [0.25, 0.3) is 0 Å². The predicted octanol–water partition coefficient (Wildman–Crippen LogP) is 4.29. The van der Waals surface area contributed by atoms with Crippen LogP contribution in [0.4, 0.5) is 14.5 Å². The summed E-state index contributed by atoms with van der Waals surface area (Å²) in [6, 6.07) is 9.03. The zero-order valence-electron chi connectivity index (χ0n) is 18.0. The highest BCUT2D eigenvalue weighted by atomic mass is 19.1. The van der Waals surface area contributed by atoms with Gasteiger partial charge in [-0.2, -0.15) is 0 Å². The van der Waals surface area contributed by atoms with Crippen molar-refractivity contribution in [1.82, 2.24) is 9.97 Å². The van der Waals surface area contributed by atoms with E-state index in [1.54, 1.807) is 6.07 Å². The molecule has 1 aromatic heterocycles. The number of anilines is 1. The lowest BCUT2D eigenvalue weighted by molar-refractivity contribution is -0.117. The lowest BCUT2D eigenvalue weighted by Crippen LogP contribution is -2.38. The Morgan fingerprint density at radius 1 is 1.09 bits per heavy atom. The van der Waals surface area contributed by atoms with Crippen molar-refractivity contribution in [3.8, 4) is 17.0 Å². The van der Waals surface area contributed by atoms with Crippen molar-refractivity contribution in [1.29, 1.82) is 0 Å². The standard InChI is InChI=1S/C25H23F2N3O2/c1-14(2)30-5-6-32-25-20(26)11-18(12-22(25)30)24-21(27)13-28-23(29-24)8-15-3-4-16-9-19(31)10-17(16)7-15/h3-4,7,11-14H,5-6,8-10H2,1-2H3. The Kier molecular flexibility index (Phi) is 5.12. The van der Waals surface area contributed by atoms with E-state index in [0.717, 1.165) is 22.9 Å². The van der Waals surface area contributed by atoms with Gasteiger partial charge in [0.15, 0.2) is 17.4 Å². The number of ether oxygens (including phenoxy) is 1. The van der Waals surface area contributed by atoms with Crippen LogP contribution in [-0.4, -0.2) is 34.9 Å². The molecule has 5 rings (SSSR count). The summed E-state index contributed by atoms with van der Waals surface area (Å²) in [5.74, 6) is -0.311. The molecule has 2 heterocycles. The second-order valence-corrected chi connectivity index (χ2v) is 8.60. The number of halogens is 2. The quantitative estimate of drug-likeness (QED) is 0.612. The normalized spacial score (nSPS) is 15.0. The van der Waals surface area contributed by atoms with E-state index in [4.69, 9.17) is 4.74 Å². The van der Waals surface area contributed by atoms with Gasteiger partial charge in [0.1, 0.15) is 23.9 Å². The number of Topliss-reactive ketones (excluding diaryl/α,β-unsaturated/α-hetero) is 1. The molecule has 0 amide bonds. The number of hydrogen-bond acceptors (Lipinski definition) is 5. The first kappa shape index (κ1) is 20.5. The summed E-state index contributed by atoms with van der Waals surface area (Å²) >= 11 is 0. The maximum absolute atomic E-state index is 14.8. The van der Waals surface area contributed by atoms with Crippen LogP contribution in [0.3, 0.4) is 0 Å². The maximum Gasteiger partial charge on any atom is 0.178 e. The van der Waals surface area contributed by atoms with Crippen LogP contribution >= 0.6 is 0 Å². The molecule has 0 atom stereocenters. The molecule has 3 aromatic rings. The molecule has 0 fully saturated rings. The molecular formula is C25H23F2N3O2. The number of nitrogens with zero attached hydrogens (tertiary/aromatic N) is 3. The number of aromatic nitrogens is 2. The number of benzene rings is 2. The SMILES string of the molecule is CC(C)N1CCOc2c(F)cc(-c3nc(Cc4ccc5c(c4)CC(=O)C5)ncc3F)cc21. The predicted molar refractivity (Wildman–Crippen MR) is 117 cm³/mol. The van der Waals surface area contributed by atoms with Gasteiger partial charge in [0.2, 0.25) is 0 Å². The van der Waals surface area contributed by atoms with Crippen molar-refractivity contribution in [2.75, 3.05) is 18.1 Å². The number of ketones is 1. The number of carbonyl (C=O) groups is 1. The fourth-order valence-electron chi connectivity index (χ4n) is 4.46. The summed E-state index contributed by atoms with van der Waals surface area (Å²) in [5.41, 5.74) is 4.04. The summed E-state index contributed by atoms with van der Waals surface area (Å²) in [4.78, 5) is 22.3. The van der Waals surface area contributed by atoms with Crippen LogP contribution in [0.5, 0.6) is 5.75 Å². The molecule has 2 aromatic carbocycles. The molecular weight excluding hydrogens is 412 g/mol. The van der Waals surface area contributed by atoms with Gasteiger partial charge in [0, 0.05) is 30.9 Å². The third kappa shape index (κ3) is 3.72. The maximum atomic E-state index is 14.8. The molecule has 32 heavy (non-hydrogen) atoms. The molecule has 0 N–H and O–H groups in total. The van der Waals surface area contributed by atoms with E-state index in [1.807, 2.05) is 36.9 Å². The highest BCUT2D eigenvalue weighted by Gasteiger charge is 2.26. The Hall–Kier alpha value is -3.35. The molecule has 1 aliphatic heterocycles. The Bertz CT molecular complexity index is 1230. The van der Waals surface area contributed by atoms with E-state index in [9.17, 15) is 13.6 Å². The first-order valence-corrected chi connectivity index (χ1v) is 10.8. The van der Waals surface area contributed by atoms with Crippen molar-refractivity contribution in [2.24, 2.45) is 0 Å². The van der Waals surface area contributed by atoms with Crippen molar-refractivity contribution < 1.29 is 18.3 Å². The molecule has 0 saturated carbocycles. The Balaban J connectivity index is 1.50. The number of hydrogen-bond donors (Lipinski definition) is 0. The van der Waals surface area contributed by atoms with Crippen LogP contribution < -0.4 is 9.64 Å². The van der Waals surface area contributed by atoms with Gasteiger partial charge in [-0.1, -0.05) is 18.2 Å². The van der Waals surface area contributed by atoms with Gasteiger partial charge < -0.3 is 9.64 Å². The van der Waals surface area contributed by atoms with Gasteiger partial charge in [0.05, 0.1) is 18.4 Å². The Morgan fingerprint density at radius 2 is 1.91 bits per heavy atom. The van der Waals surface area contributed by atoms with Crippen molar-refractivity contribution in [2.45, 2.75) is 39.2 Å². The van der Waals surface area contributed by atoms with E-state index in [0.29, 0.717) is 49.5 Å². The molecule has 0 bridgehead atoms. The number of fused-ring (bicyclic) bond motifs is 2. The number of rotatable bonds is 4. The van der Waals surface area contributed by atoms with Gasteiger partial charge in [-0.25, -0.2) is 18.7 Å². The van der Waals surface area contributed by atoms with Crippen LogP contribution in [0.15, 0.2) is 36.5 Å². The monoisotopic (exact) mass is 435 g/mol. The number of carbonyl (C=O) groups excluding carboxylic acids is 1. The molecule has 0 spiro atoms. The third-order valence-corrected chi connectivity index (χ3v) is 6.01. The largest absolute Gasteiger partial charge is 0.486 e. The van der Waals surface area contributed by atoms with Crippen LogP contribution in [0.1, 0.15) is 36.4 Å². The summed E-state index contributed by atoms with van der Waals surface area (Å²) in [6.07, 6.45) is 2.45. The van der Waals surface area contributed by atoms with E-state index in [2.05, 4.69) is 9.97 Å². The van der Waals surface area contributed by atoms with Crippen LogP contribution in [-0.2, 0) is 24.1 Å². The topological polar surface area (TPSA) is 55.3 Å². The minimum Gasteiger partial charge on any atom is -0.486 e. The molecule has 7 heteroatoms. The summed E-state index contributed by atoms with van der Waals surface area (Å²) < 4.78 is 35.1. The average Bonchev–Trinajstić information content (AvgIpc) is 3.14. The third-order valence-electron chi connectivity index (χ3n) is 6.01. The van der Waals surface area contributed by atoms with E-state index in [1.165, 1.54) is 6.07 Å². The lowest BCUT2D eigenvalue weighted by Gasteiger charge is -2.34. The van der Waals surface area contributed by atoms with Crippen LogP contribution in [0.2, 0.25) is 0 Å². The molecule has 0 radical (unpaired) electrons. The molecule has 5 nitrogen and oxygen atoms in total. The molecule has 1 aliphatic carbocycles. The fourth-order valence-corrected chi connectivity index (χ4v) is 4.46. The van der Waals surface area contributed by atoms with Gasteiger partial charge in [-0.15, -0.1) is 0 Å². The lowest BCUT2D eigenvalue weighted by atomic mass is 10.0. The minimum atomic E-state index is -0.611. The second kappa shape index (κ2) is 7.97. The zero-order chi connectivity index (χ0) is 22.4. The van der Waals surface area contributed by atoms with Crippen LogP contribution in [0.25, 0.3) is 11.3 Å². The first-order valence-electron chi connectivity index (χ1n) is 10.8. The molecule has 164 valence electrons. The van der Waals surface area contributed by atoms with Gasteiger partial charge >= 0.3 is 0 Å². The molecule has 0 saturated heterocycles. The van der Waals surface area contributed by atoms with Crippen molar-refractivity contribution in [3.63, 3.8) is 0 Å². The molecule has 0 unspecified atom stereocenters. The van der Waals surface area contributed by atoms with Crippen molar-refractivity contribution >= 4 is 11.5 Å². The van der Waals surface area contributed by atoms with Crippen LogP contribution in [0, 0.1) is 11.6 Å². The second-order valence-electron chi connectivity index (χ2n) is 8.60. The van der Waals surface area contributed by atoms with Gasteiger partial charge in [-0.3, -0.25) is 4.79 Å². The summed E-state index contributed by atoms with van der Waals surface area (Å²) in [5, 5.41) is 0. The van der Waals surface area contributed by atoms with Gasteiger partial charge in [-0.05, 0) is 42.7 Å².